The maximum absolute atomic E-state index is 12.5. The molecule has 0 saturated heterocycles. The number of hydrogen-bond acceptors (Lipinski definition) is 5. The van der Waals surface area contributed by atoms with Crippen molar-refractivity contribution in [1.82, 2.24) is 0 Å². The van der Waals surface area contributed by atoms with Gasteiger partial charge >= 0.3 is 0 Å². The van der Waals surface area contributed by atoms with Gasteiger partial charge in [-0.05, 0) is 48.9 Å². The summed E-state index contributed by atoms with van der Waals surface area (Å²) in [5, 5.41) is 0. The van der Waals surface area contributed by atoms with Crippen LogP contribution in [0.15, 0.2) is 52.3 Å². The van der Waals surface area contributed by atoms with E-state index in [9.17, 15) is 8.42 Å². The lowest BCUT2D eigenvalue weighted by Crippen LogP contribution is -2.06. The summed E-state index contributed by atoms with van der Waals surface area (Å²) in [4.78, 5) is 4.95. The Morgan fingerprint density at radius 2 is 1.60 bits per heavy atom. The number of benzene rings is 2. The van der Waals surface area contributed by atoms with Crippen LogP contribution in [0.25, 0.3) is 0 Å². The van der Waals surface area contributed by atoms with E-state index in [0.717, 1.165) is 5.56 Å². The highest BCUT2D eigenvalue weighted by molar-refractivity contribution is 7.91. The van der Waals surface area contributed by atoms with Crippen LogP contribution in [0, 0.1) is 6.92 Å². The third kappa shape index (κ3) is 2.76. The molecule has 0 aliphatic heterocycles. The summed E-state index contributed by atoms with van der Waals surface area (Å²) < 4.78 is 30.0. The van der Waals surface area contributed by atoms with Gasteiger partial charge in [-0.2, -0.15) is 5.90 Å². The van der Waals surface area contributed by atoms with Gasteiger partial charge in [-0.15, -0.1) is 0 Å². The van der Waals surface area contributed by atoms with E-state index in [-0.39, 0.29) is 9.79 Å². The quantitative estimate of drug-likeness (QED) is 0.873. The van der Waals surface area contributed by atoms with Crippen LogP contribution in [0.4, 0.5) is 0 Å². The smallest absolute Gasteiger partial charge is 0.206 e. The van der Waals surface area contributed by atoms with Gasteiger partial charge in [0, 0.05) is 6.07 Å². The van der Waals surface area contributed by atoms with Crippen LogP contribution in [0.2, 0.25) is 0 Å². The topological polar surface area (TPSA) is 78.6 Å². The molecule has 0 atom stereocenters. The molecule has 2 aromatic rings. The van der Waals surface area contributed by atoms with Crippen LogP contribution in [0.5, 0.6) is 11.5 Å². The first kappa shape index (κ1) is 14.4. The number of hydrogen-bond donors (Lipinski definition) is 1. The monoisotopic (exact) mass is 293 g/mol. The Kier molecular flexibility index (Phi) is 3.96. The van der Waals surface area contributed by atoms with Gasteiger partial charge in [0.05, 0.1) is 16.9 Å². The van der Waals surface area contributed by atoms with Crippen LogP contribution >= 0.6 is 0 Å². The van der Waals surface area contributed by atoms with E-state index in [4.69, 9.17) is 10.6 Å². The molecule has 0 unspecified atom stereocenters. The first-order chi connectivity index (χ1) is 9.47. The van der Waals surface area contributed by atoms with Crippen LogP contribution < -0.4 is 15.5 Å². The van der Waals surface area contributed by atoms with E-state index in [1.54, 1.807) is 31.2 Å². The molecule has 0 radical (unpaired) electrons. The van der Waals surface area contributed by atoms with Gasteiger partial charge in [-0.25, -0.2) is 8.42 Å². The van der Waals surface area contributed by atoms with E-state index in [0.29, 0.717) is 11.5 Å². The summed E-state index contributed by atoms with van der Waals surface area (Å²) in [6.07, 6.45) is 0. The molecular formula is C14H15NO4S. The number of rotatable bonds is 4. The normalized spacial score (nSPS) is 11.2. The van der Waals surface area contributed by atoms with Crippen molar-refractivity contribution >= 4 is 9.84 Å². The average molecular weight is 293 g/mol. The average Bonchev–Trinajstić information content (AvgIpc) is 2.46. The molecule has 0 aliphatic rings. The zero-order valence-corrected chi connectivity index (χ0v) is 12.0. The molecule has 2 rings (SSSR count). The van der Waals surface area contributed by atoms with Crippen LogP contribution in [-0.4, -0.2) is 15.5 Å². The Labute approximate surface area is 117 Å². The summed E-state index contributed by atoms with van der Waals surface area (Å²) in [5.74, 6) is 6.00. The Balaban J connectivity index is 2.51. The summed E-state index contributed by atoms with van der Waals surface area (Å²) in [7, 11) is -2.09. The number of nitrogens with two attached hydrogens (primary N) is 1. The standard InChI is InChI=1S/C14H15NO4S/c1-10-7-12(19-15)9-14(8-10)20(16,17)13-5-3-11(18-2)4-6-13/h3-9H,15H2,1-2H3. The maximum Gasteiger partial charge on any atom is 0.206 e. The molecule has 5 nitrogen and oxygen atoms in total. The van der Waals surface area contributed by atoms with E-state index in [2.05, 4.69) is 4.84 Å². The summed E-state index contributed by atoms with van der Waals surface area (Å²) in [5.41, 5.74) is 0.750. The van der Waals surface area contributed by atoms with Crippen molar-refractivity contribution in [3.05, 3.63) is 48.0 Å². The van der Waals surface area contributed by atoms with Gasteiger partial charge in [0.2, 0.25) is 9.84 Å². The predicted molar refractivity (Wildman–Crippen MR) is 74.4 cm³/mol. The van der Waals surface area contributed by atoms with E-state index < -0.39 is 9.84 Å². The molecule has 2 N–H and O–H groups in total. The van der Waals surface area contributed by atoms with Crippen molar-refractivity contribution < 1.29 is 18.0 Å². The largest absolute Gasteiger partial charge is 0.497 e. The highest BCUT2D eigenvalue weighted by Gasteiger charge is 2.19. The molecule has 0 amide bonds. The molecule has 0 aromatic heterocycles. The van der Waals surface area contributed by atoms with Crippen molar-refractivity contribution in [2.24, 2.45) is 5.90 Å². The molecule has 0 aliphatic carbocycles. The van der Waals surface area contributed by atoms with Gasteiger partial charge < -0.3 is 9.57 Å². The van der Waals surface area contributed by atoms with Crippen molar-refractivity contribution in [3.8, 4) is 11.5 Å². The Morgan fingerprint density at radius 3 is 2.15 bits per heavy atom. The highest BCUT2D eigenvalue weighted by atomic mass is 32.2. The SMILES string of the molecule is COc1ccc(S(=O)(=O)c2cc(C)cc(ON)c2)cc1. The van der Waals surface area contributed by atoms with Crippen LogP contribution in [0.1, 0.15) is 5.56 Å². The molecule has 0 heterocycles. The predicted octanol–water partition coefficient (Wildman–Crippen LogP) is 2.09. The second kappa shape index (κ2) is 5.52. The molecule has 106 valence electrons. The fourth-order valence-corrected chi connectivity index (χ4v) is 3.21. The first-order valence-electron chi connectivity index (χ1n) is 5.85. The van der Waals surface area contributed by atoms with Crippen molar-refractivity contribution in [1.29, 1.82) is 0 Å². The van der Waals surface area contributed by atoms with Crippen LogP contribution in [-0.2, 0) is 9.84 Å². The van der Waals surface area contributed by atoms with Crippen molar-refractivity contribution in [2.75, 3.05) is 7.11 Å². The van der Waals surface area contributed by atoms with E-state index in [1.165, 1.54) is 25.3 Å². The molecule has 20 heavy (non-hydrogen) atoms. The molecule has 0 fully saturated rings. The number of aryl methyl sites for hydroxylation is 1. The molecular weight excluding hydrogens is 278 g/mol. The summed E-state index contributed by atoms with van der Waals surface area (Å²) in [6.45, 7) is 1.77. The minimum atomic E-state index is -3.61. The lowest BCUT2D eigenvalue weighted by Gasteiger charge is -2.08. The first-order valence-corrected chi connectivity index (χ1v) is 7.33. The van der Waals surface area contributed by atoms with Crippen LogP contribution in [0.3, 0.4) is 0 Å². The van der Waals surface area contributed by atoms with Gasteiger partial charge in [0.15, 0.2) is 0 Å². The number of methoxy groups -OCH3 is 1. The fourth-order valence-electron chi connectivity index (χ4n) is 1.83. The minimum absolute atomic E-state index is 0.142. The fraction of sp³-hybridized carbons (Fsp3) is 0.143. The van der Waals surface area contributed by atoms with Crippen molar-refractivity contribution in [2.45, 2.75) is 16.7 Å². The second-order valence-electron chi connectivity index (χ2n) is 4.28. The number of ether oxygens (including phenoxy) is 1. The lowest BCUT2D eigenvalue weighted by atomic mass is 10.2. The van der Waals surface area contributed by atoms with Crippen molar-refractivity contribution in [3.63, 3.8) is 0 Å². The van der Waals surface area contributed by atoms with Gasteiger partial charge in [0.1, 0.15) is 11.5 Å². The van der Waals surface area contributed by atoms with Gasteiger partial charge in [-0.1, -0.05) is 0 Å². The molecule has 6 heteroatoms. The Morgan fingerprint density at radius 1 is 0.950 bits per heavy atom. The maximum atomic E-state index is 12.5. The third-order valence-electron chi connectivity index (χ3n) is 2.84. The van der Waals surface area contributed by atoms with Gasteiger partial charge in [-0.3, -0.25) is 0 Å². The zero-order valence-electron chi connectivity index (χ0n) is 11.2. The summed E-state index contributed by atoms with van der Waals surface area (Å²) in [6, 6.07) is 10.8. The Bertz CT molecular complexity index is 708. The lowest BCUT2D eigenvalue weighted by molar-refractivity contribution is 0.333. The molecule has 2 aromatic carbocycles. The third-order valence-corrected chi connectivity index (χ3v) is 4.59. The Hall–Kier alpha value is -2.05. The zero-order chi connectivity index (χ0) is 14.8. The second-order valence-corrected chi connectivity index (χ2v) is 6.23. The van der Waals surface area contributed by atoms with E-state index in [1.807, 2.05) is 0 Å². The van der Waals surface area contributed by atoms with Gasteiger partial charge in [0.25, 0.3) is 0 Å². The molecule has 0 bridgehead atoms. The molecule has 0 saturated carbocycles. The highest BCUT2D eigenvalue weighted by Crippen LogP contribution is 2.26. The summed E-state index contributed by atoms with van der Waals surface area (Å²) >= 11 is 0. The number of sulfone groups is 1. The minimum Gasteiger partial charge on any atom is -0.497 e. The van der Waals surface area contributed by atoms with E-state index >= 15 is 0 Å². The molecule has 0 spiro atoms.